The van der Waals surface area contributed by atoms with Crippen LogP contribution in [0.4, 0.5) is 10.2 Å². The molecular formula is C33H32FN3O4. The molecule has 1 aliphatic carbocycles. The minimum absolute atomic E-state index is 0.0132. The number of nitrogen functional groups attached to an aromatic ring is 1. The molecule has 8 heteroatoms. The molecule has 1 atom stereocenters. The summed E-state index contributed by atoms with van der Waals surface area (Å²) in [4.78, 5) is 38.6. The zero-order valence-electron chi connectivity index (χ0n) is 22.6. The van der Waals surface area contributed by atoms with Gasteiger partial charge in [0.1, 0.15) is 17.2 Å². The van der Waals surface area contributed by atoms with Gasteiger partial charge in [-0.1, -0.05) is 55.3 Å². The van der Waals surface area contributed by atoms with Crippen LogP contribution in [0, 0.1) is 11.7 Å². The van der Waals surface area contributed by atoms with E-state index in [1.54, 1.807) is 12.1 Å². The number of carbonyl (C=O) groups is 2. The minimum atomic E-state index is -1.10. The lowest BCUT2D eigenvalue weighted by molar-refractivity contribution is -0.147. The number of anilines is 1. The van der Waals surface area contributed by atoms with Crippen LogP contribution in [0.2, 0.25) is 0 Å². The summed E-state index contributed by atoms with van der Waals surface area (Å²) in [5.41, 5.74) is 7.46. The molecule has 0 bridgehead atoms. The normalized spacial score (nSPS) is 15.0. The molecule has 41 heavy (non-hydrogen) atoms. The zero-order chi connectivity index (χ0) is 29.0. The lowest BCUT2D eigenvalue weighted by Gasteiger charge is -2.36. The highest BCUT2D eigenvalue weighted by atomic mass is 19.1. The van der Waals surface area contributed by atoms with E-state index < -0.39 is 28.7 Å². The molecule has 0 unspecified atom stereocenters. The molecule has 0 saturated heterocycles. The average molecular weight is 554 g/mol. The fraction of sp³-hybridized carbons (Fsp3) is 0.242. The van der Waals surface area contributed by atoms with Crippen LogP contribution in [-0.2, 0) is 17.8 Å². The molecule has 0 aliphatic heterocycles. The zero-order valence-corrected chi connectivity index (χ0v) is 22.6. The maximum absolute atomic E-state index is 13.3. The van der Waals surface area contributed by atoms with Gasteiger partial charge < -0.3 is 10.8 Å². The van der Waals surface area contributed by atoms with Crippen LogP contribution >= 0.6 is 0 Å². The van der Waals surface area contributed by atoms with Crippen molar-refractivity contribution >= 4 is 17.6 Å². The van der Waals surface area contributed by atoms with Crippen LogP contribution in [0.1, 0.15) is 52.7 Å². The van der Waals surface area contributed by atoms with E-state index in [9.17, 15) is 23.9 Å². The summed E-state index contributed by atoms with van der Waals surface area (Å²) >= 11 is 0. The summed E-state index contributed by atoms with van der Waals surface area (Å²) in [5.74, 6) is -1.75. The Morgan fingerprint density at radius 2 is 1.56 bits per heavy atom. The van der Waals surface area contributed by atoms with Crippen molar-refractivity contribution in [3.8, 4) is 5.69 Å². The van der Waals surface area contributed by atoms with Crippen molar-refractivity contribution in [3.05, 3.63) is 129 Å². The van der Waals surface area contributed by atoms with Gasteiger partial charge in [0.25, 0.3) is 5.56 Å². The maximum Gasteiger partial charge on any atom is 0.324 e. The van der Waals surface area contributed by atoms with Crippen molar-refractivity contribution in [2.45, 2.75) is 44.2 Å². The molecule has 1 aromatic heterocycles. The van der Waals surface area contributed by atoms with Crippen LogP contribution in [0.3, 0.4) is 0 Å². The number of aliphatic carboxylic acids is 1. The molecule has 0 spiro atoms. The molecule has 1 aliphatic rings. The van der Waals surface area contributed by atoms with E-state index in [2.05, 4.69) is 5.32 Å². The van der Waals surface area contributed by atoms with Crippen molar-refractivity contribution in [2.24, 2.45) is 5.92 Å². The molecule has 0 radical (unpaired) electrons. The molecule has 210 valence electrons. The third kappa shape index (κ3) is 5.83. The molecule has 5 rings (SSSR count). The fourth-order valence-corrected chi connectivity index (χ4v) is 5.80. The van der Waals surface area contributed by atoms with Crippen LogP contribution in [0.5, 0.6) is 0 Å². The molecular weight excluding hydrogens is 521 g/mol. The summed E-state index contributed by atoms with van der Waals surface area (Å²) in [5, 5.41) is 13.9. The van der Waals surface area contributed by atoms with E-state index in [0.717, 1.165) is 36.8 Å². The highest BCUT2D eigenvalue weighted by Gasteiger charge is 2.46. The molecule has 7 nitrogen and oxygen atoms in total. The molecule has 4 N–H and O–H groups in total. The van der Waals surface area contributed by atoms with E-state index in [1.807, 2.05) is 42.5 Å². The predicted molar refractivity (Wildman–Crippen MR) is 156 cm³/mol. The van der Waals surface area contributed by atoms with Crippen LogP contribution < -0.4 is 16.6 Å². The van der Waals surface area contributed by atoms with Crippen molar-refractivity contribution in [1.29, 1.82) is 0 Å². The van der Waals surface area contributed by atoms with Gasteiger partial charge in [-0.05, 0) is 72.4 Å². The molecule has 0 amide bonds. The first-order chi connectivity index (χ1) is 19.8. The van der Waals surface area contributed by atoms with Gasteiger partial charge in [0.15, 0.2) is 5.78 Å². The minimum Gasteiger partial charge on any atom is -0.480 e. The Labute approximate surface area is 237 Å². The van der Waals surface area contributed by atoms with E-state index in [0.29, 0.717) is 18.7 Å². The Hall–Kier alpha value is -4.56. The standard InChI is InChI=1S/C33H32FN3O4/c34-26-14-12-24(13-15-26)30(39)28-18-19-29(38)37(31(28)35)27-16-10-23(11-17-27)21-36-33(32(40)41,25-8-4-5-9-25)20-22-6-2-1-3-7-22/h1-3,6-7,10-19,25,36H,4-5,8-9,20-21,35H2,(H,40,41)/t33-/m0/s1. The Kier molecular flexibility index (Phi) is 8.12. The average Bonchev–Trinajstić information content (AvgIpc) is 3.52. The summed E-state index contributed by atoms with van der Waals surface area (Å²) in [6.45, 7) is 0.323. The van der Waals surface area contributed by atoms with E-state index in [4.69, 9.17) is 5.73 Å². The fourth-order valence-electron chi connectivity index (χ4n) is 5.80. The number of carboxylic acids is 1. The van der Waals surface area contributed by atoms with Gasteiger partial charge in [-0.25, -0.2) is 4.39 Å². The Bertz CT molecular complexity index is 1590. The Morgan fingerprint density at radius 1 is 0.902 bits per heavy atom. The first-order valence-corrected chi connectivity index (χ1v) is 13.7. The third-order valence-corrected chi connectivity index (χ3v) is 8.04. The summed E-state index contributed by atoms with van der Waals surface area (Å²) in [6.07, 6.45) is 4.14. The number of aromatic nitrogens is 1. The summed E-state index contributed by atoms with van der Waals surface area (Å²) < 4.78 is 14.6. The monoisotopic (exact) mass is 553 g/mol. The lowest BCUT2D eigenvalue weighted by Crippen LogP contribution is -2.58. The Morgan fingerprint density at radius 3 is 2.20 bits per heavy atom. The first-order valence-electron chi connectivity index (χ1n) is 13.7. The molecule has 1 saturated carbocycles. The maximum atomic E-state index is 13.3. The van der Waals surface area contributed by atoms with Crippen molar-refractivity contribution in [2.75, 3.05) is 5.73 Å². The number of benzene rings is 3. The quantitative estimate of drug-likeness (QED) is 0.235. The number of pyridine rings is 1. The van der Waals surface area contributed by atoms with Gasteiger partial charge in [0.2, 0.25) is 0 Å². The van der Waals surface area contributed by atoms with Gasteiger partial charge >= 0.3 is 5.97 Å². The van der Waals surface area contributed by atoms with Gasteiger partial charge in [-0.2, -0.15) is 0 Å². The van der Waals surface area contributed by atoms with Crippen LogP contribution in [0.15, 0.2) is 95.8 Å². The van der Waals surface area contributed by atoms with Gasteiger partial charge in [0.05, 0.1) is 11.3 Å². The second-order valence-electron chi connectivity index (χ2n) is 10.6. The number of hydrogen-bond acceptors (Lipinski definition) is 5. The second-order valence-corrected chi connectivity index (χ2v) is 10.6. The summed E-state index contributed by atoms with van der Waals surface area (Å²) in [6, 6.07) is 24.5. The third-order valence-electron chi connectivity index (χ3n) is 8.04. The number of rotatable bonds is 10. The first kappa shape index (κ1) is 28.0. The van der Waals surface area contributed by atoms with Crippen molar-refractivity contribution in [3.63, 3.8) is 0 Å². The lowest BCUT2D eigenvalue weighted by atomic mass is 9.77. The number of nitrogens with zero attached hydrogens (tertiary/aromatic N) is 1. The highest BCUT2D eigenvalue weighted by molar-refractivity contribution is 6.11. The number of nitrogens with two attached hydrogens (primary N) is 1. The largest absolute Gasteiger partial charge is 0.480 e. The SMILES string of the molecule is Nc1c(C(=O)c2ccc(F)cc2)ccc(=O)n1-c1ccc(CN[C@](Cc2ccccc2)(C(=O)O)C2CCCC2)cc1. The number of carbonyl (C=O) groups excluding carboxylic acids is 1. The predicted octanol–water partition coefficient (Wildman–Crippen LogP) is 5.14. The number of carboxylic acid groups (broad SMARTS) is 1. The van der Waals surface area contributed by atoms with E-state index in [-0.39, 0.29) is 22.9 Å². The van der Waals surface area contributed by atoms with E-state index >= 15 is 0 Å². The molecule has 1 heterocycles. The smallest absolute Gasteiger partial charge is 0.324 e. The van der Waals surface area contributed by atoms with Crippen molar-refractivity contribution in [1.82, 2.24) is 9.88 Å². The highest BCUT2D eigenvalue weighted by Crippen LogP contribution is 2.37. The van der Waals surface area contributed by atoms with Gasteiger partial charge in [0, 0.05) is 24.6 Å². The number of nitrogens with one attached hydrogen (secondary N) is 1. The van der Waals surface area contributed by atoms with Crippen LogP contribution in [-0.4, -0.2) is 27.0 Å². The number of ketones is 1. The second kappa shape index (κ2) is 11.9. The van der Waals surface area contributed by atoms with Gasteiger partial charge in [-0.3, -0.25) is 24.3 Å². The van der Waals surface area contributed by atoms with E-state index in [1.165, 1.54) is 41.0 Å². The topological polar surface area (TPSA) is 114 Å². The Balaban J connectivity index is 1.39. The van der Waals surface area contributed by atoms with Crippen LogP contribution in [0.25, 0.3) is 5.69 Å². The number of halogens is 1. The van der Waals surface area contributed by atoms with Gasteiger partial charge in [-0.15, -0.1) is 0 Å². The molecule has 3 aromatic carbocycles. The molecule has 1 fully saturated rings. The van der Waals surface area contributed by atoms with Crippen molar-refractivity contribution < 1.29 is 19.1 Å². The summed E-state index contributed by atoms with van der Waals surface area (Å²) in [7, 11) is 0. The molecule has 4 aromatic rings. The number of hydrogen-bond donors (Lipinski definition) is 3.